The quantitative estimate of drug-likeness (QED) is 0.416. The maximum absolute atomic E-state index is 5.28. The minimum atomic E-state index is 0.240. The van der Waals surface area contributed by atoms with Crippen molar-refractivity contribution in [3.8, 4) is 0 Å². The van der Waals surface area contributed by atoms with Crippen molar-refractivity contribution in [1.82, 2.24) is 15.3 Å². The van der Waals surface area contributed by atoms with Crippen LogP contribution in [0.1, 0.15) is 18.1 Å². The predicted octanol–water partition coefficient (Wildman–Crippen LogP) is 3.89. The summed E-state index contributed by atoms with van der Waals surface area (Å²) in [6.45, 7) is 2.63. The Morgan fingerprint density at radius 2 is 2.20 bits per heavy atom. The number of thiocarbonyl (C=S) groups is 1. The zero-order valence-electron chi connectivity index (χ0n) is 13.8. The Bertz CT molecular complexity index is 915. The van der Waals surface area contributed by atoms with Gasteiger partial charge in [-0.2, -0.15) is 0 Å². The number of aromatic amines is 1. The molecule has 3 aromatic rings. The Kier molecular flexibility index (Phi) is 5.53. The summed E-state index contributed by atoms with van der Waals surface area (Å²) < 4.78 is 0. The van der Waals surface area contributed by atoms with E-state index in [-0.39, 0.29) is 5.17 Å². The molecule has 0 bridgehead atoms. The number of fused-ring (bicyclic) bond motifs is 1. The van der Waals surface area contributed by atoms with E-state index in [4.69, 9.17) is 17.1 Å². The van der Waals surface area contributed by atoms with Crippen molar-refractivity contribution in [2.24, 2.45) is 5.16 Å². The van der Waals surface area contributed by atoms with Crippen LogP contribution in [0.5, 0.6) is 0 Å². The van der Waals surface area contributed by atoms with Gasteiger partial charge in [-0.1, -0.05) is 29.4 Å². The van der Waals surface area contributed by atoms with E-state index in [0.717, 1.165) is 22.0 Å². The number of oxime groups is 1. The van der Waals surface area contributed by atoms with E-state index in [1.54, 1.807) is 12.4 Å². The Balaban J connectivity index is 1.89. The van der Waals surface area contributed by atoms with Crippen molar-refractivity contribution < 1.29 is 4.84 Å². The lowest BCUT2D eigenvalue weighted by Crippen LogP contribution is -2.22. The zero-order chi connectivity index (χ0) is 17.5. The number of nitrogens with zero attached hydrogens (tertiary/aromatic N) is 2. The van der Waals surface area contributed by atoms with E-state index in [1.807, 2.05) is 55.6 Å². The van der Waals surface area contributed by atoms with Gasteiger partial charge in [-0.15, -0.1) is 0 Å². The highest BCUT2D eigenvalue weighted by Gasteiger charge is 2.04. The van der Waals surface area contributed by atoms with E-state index in [9.17, 15) is 0 Å². The number of benzene rings is 1. The number of nitrogens with one attached hydrogen (secondary N) is 2. The smallest absolute Gasteiger partial charge is 0.289 e. The second kappa shape index (κ2) is 8.21. The molecular weight excluding hydrogens is 332 g/mol. The molecule has 0 amide bonds. The molecule has 2 heterocycles. The molecule has 0 unspecified atom stereocenters. The van der Waals surface area contributed by atoms with E-state index >= 15 is 0 Å². The molecular formula is C19H18N4OS. The maximum atomic E-state index is 5.28. The summed E-state index contributed by atoms with van der Waals surface area (Å²) in [5.74, 6) is 0. The topological polar surface area (TPSA) is 62.3 Å². The minimum Gasteiger partial charge on any atom is -0.361 e. The van der Waals surface area contributed by atoms with Crippen LogP contribution in [0, 0.1) is 0 Å². The van der Waals surface area contributed by atoms with Crippen molar-refractivity contribution in [2.45, 2.75) is 6.92 Å². The predicted molar refractivity (Wildman–Crippen MR) is 105 cm³/mol. The maximum Gasteiger partial charge on any atom is 0.289 e. The molecule has 0 aliphatic carbocycles. The monoisotopic (exact) mass is 350 g/mol. The Morgan fingerprint density at radius 1 is 1.32 bits per heavy atom. The number of H-pyrrole nitrogens is 1. The van der Waals surface area contributed by atoms with Crippen LogP contribution in [0.4, 0.5) is 0 Å². The third-order valence-electron chi connectivity index (χ3n) is 3.55. The average molecular weight is 350 g/mol. The number of rotatable bonds is 5. The number of aromatic nitrogens is 2. The number of para-hydroxylation sites is 1. The van der Waals surface area contributed by atoms with E-state index in [2.05, 4.69) is 26.5 Å². The molecule has 0 fully saturated rings. The van der Waals surface area contributed by atoms with E-state index < -0.39 is 0 Å². The van der Waals surface area contributed by atoms with Crippen molar-refractivity contribution in [3.05, 3.63) is 72.2 Å². The second-order valence-electron chi connectivity index (χ2n) is 5.25. The summed E-state index contributed by atoms with van der Waals surface area (Å²) in [7, 11) is 0. The van der Waals surface area contributed by atoms with Crippen LogP contribution in [-0.4, -0.2) is 27.4 Å². The number of hydrogen-bond donors (Lipinski definition) is 2. The van der Waals surface area contributed by atoms with Gasteiger partial charge in [0.1, 0.15) is 5.71 Å². The van der Waals surface area contributed by atoms with E-state index in [1.165, 1.54) is 0 Å². The van der Waals surface area contributed by atoms with Crippen LogP contribution in [0.25, 0.3) is 17.0 Å². The van der Waals surface area contributed by atoms with Gasteiger partial charge in [0.25, 0.3) is 5.17 Å². The summed E-state index contributed by atoms with van der Waals surface area (Å²) in [6.07, 6.45) is 9.30. The Labute approximate surface area is 151 Å². The first kappa shape index (κ1) is 16.9. The molecule has 2 aromatic heterocycles. The number of allylic oxidation sites excluding steroid dienone is 1. The SMILES string of the molecule is CCNC(=S)O/N=C(/C=C/c1c[nH]c2ccccc12)c1cccnc1. The first-order valence-electron chi connectivity index (χ1n) is 7.95. The van der Waals surface area contributed by atoms with Crippen LogP contribution in [0.15, 0.2) is 66.2 Å². The fourth-order valence-electron chi connectivity index (χ4n) is 2.36. The molecule has 2 N–H and O–H groups in total. The normalized spacial score (nSPS) is 11.8. The molecule has 0 atom stereocenters. The minimum absolute atomic E-state index is 0.240. The number of pyridine rings is 1. The van der Waals surface area contributed by atoms with Gasteiger partial charge in [0.05, 0.1) is 0 Å². The van der Waals surface area contributed by atoms with Gasteiger partial charge < -0.3 is 15.1 Å². The van der Waals surface area contributed by atoms with Gasteiger partial charge in [-0.05, 0) is 49.0 Å². The molecule has 0 spiro atoms. The van der Waals surface area contributed by atoms with Gasteiger partial charge in [-0.25, -0.2) is 0 Å². The fraction of sp³-hybridized carbons (Fsp3) is 0.105. The number of hydrogen-bond acceptors (Lipinski definition) is 4. The summed E-state index contributed by atoms with van der Waals surface area (Å²) >= 11 is 5.06. The summed E-state index contributed by atoms with van der Waals surface area (Å²) in [5, 5.41) is 8.46. The summed E-state index contributed by atoms with van der Waals surface area (Å²) in [6, 6.07) is 11.9. The van der Waals surface area contributed by atoms with Gasteiger partial charge in [0.2, 0.25) is 0 Å². The largest absolute Gasteiger partial charge is 0.361 e. The molecule has 5 nitrogen and oxygen atoms in total. The molecule has 25 heavy (non-hydrogen) atoms. The standard InChI is InChI=1S/C19H18N4OS/c1-2-21-19(25)24-23-17(15-6-5-11-20-12-15)10-9-14-13-22-18-8-4-3-7-16(14)18/h3-13,22H,2H2,1H3,(H,21,25)/b10-9+,23-17-. The highest BCUT2D eigenvalue weighted by molar-refractivity contribution is 7.80. The molecule has 3 rings (SSSR count). The molecule has 0 saturated heterocycles. The molecule has 0 radical (unpaired) electrons. The van der Waals surface area contributed by atoms with Crippen molar-refractivity contribution in [1.29, 1.82) is 0 Å². The van der Waals surface area contributed by atoms with Crippen LogP contribution in [-0.2, 0) is 4.84 Å². The van der Waals surface area contributed by atoms with Crippen LogP contribution >= 0.6 is 12.2 Å². The van der Waals surface area contributed by atoms with Crippen LogP contribution < -0.4 is 5.32 Å². The molecule has 0 aliphatic rings. The lowest BCUT2D eigenvalue weighted by Gasteiger charge is -2.04. The van der Waals surface area contributed by atoms with Gasteiger partial charge >= 0.3 is 0 Å². The fourth-order valence-corrected chi connectivity index (χ4v) is 2.54. The Hall–Kier alpha value is -2.99. The molecule has 0 aliphatic heterocycles. The third-order valence-corrected chi connectivity index (χ3v) is 3.77. The summed E-state index contributed by atoms with van der Waals surface area (Å²) in [5.41, 5.74) is 3.64. The lowest BCUT2D eigenvalue weighted by molar-refractivity contribution is 0.322. The van der Waals surface area contributed by atoms with Gasteiger partial charge in [0.15, 0.2) is 0 Å². The third kappa shape index (κ3) is 4.30. The van der Waals surface area contributed by atoms with Crippen molar-refractivity contribution in [2.75, 3.05) is 6.54 Å². The molecule has 0 saturated carbocycles. The second-order valence-corrected chi connectivity index (χ2v) is 5.62. The molecule has 1 aromatic carbocycles. The van der Waals surface area contributed by atoms with Gasteiger partial charge in [-0.3, -0.25) is 4.98 Å². The molecule has 126 valence electrons. The van der Waals surface area contributed by atoms with Gasteiger partial charge in [0, 0.05) is 41.6 Å². The zero-order valence-corrected chi connectivity index (χ0v) is 14.6. The summed E-state index contributed by atoms with van der Waals surface area (Å²) in [4.78, 5) is 12.7. The van der Waals surface area contributed by atoms with Crippen molar-refractivity contribution in [3.63, 3.8) is 0 Å². The first-order chi connectivity index (χ1) is 12.3. The Morgan fingerprint density at radius 3 is 3.00 bits per heavy atom. The van der Waals surface area contributed by atoms with E-state index in [0.29, 0.717) is 12.3 Å². The van der Waals surface area contributed by atoms with Crippen LogP contribution in [0.3, 0.4) is 0 Å². The van der Waals surface area contributed by atoms with Crippen LogP contribution in [0.2, 0.25) is 0 Å². The molecule has 6 heteroatoms. The van der Waals surface area contributed by atoms with Crippen molar-refractivity contribution >= 4 is 40.1 Å². The highest BCUT2D eigenvalue weighted by atomic mass is 32.1. The average Bonchev–Trinajstić information content (AvgIpc) is 3.06. The highest BCUT2D eigenvalue weighted by Crippen LogP contribution is 2.19. The first-order valence-corrected chi connectivity index (χ1v) is 8.36. The lowest BCUT2D eigenvalue weighted by atomic mass is 10.1.